The summed E-state index contributed by atoms with van der Waals surface area (Å²) < 4.78 is 53.8. The molecule has 3 aromatic rings. The van der Waals surface area contributed by atoms with Crippen molar-refractivity contribution < 1.29 is 41.8 Å². The highest BCUT2D eigenvalue weighted by Crippen LogP contribution is 2.26. The van der Waals surface area contributed by atoms with Crippen molar-refractivity contribution in [3.05, 3.63) is 89.5 Å². The number of hydrogen-bond donors (Lipinski definition) is 0. The Kier molecular flexibility index (Phi) is 11.5. The standard InChI is InChI=1S/C32H33F3O6/c1-3-5-6-7-8-22-9-11-23(12-10-22)24-13-15-25(16-14-24)29(36)40-27-19-17-26(18-20-27)30(37)41-28(32(33,34)35)31(38)39-21-4-2/h9-20,28H,3-8,21H2,1-2H3. The summed E-state index contributed by atoms with van der Waals surface area (Å²) in [7, 11) is 0. The van der Waals surface area contributed by atoms with Crippen LogP contribution in [-0.2, 0) is 20.7 Å². The predicted octanol–water partition coefficient (Wildman–Crippen LogP) is 7.74. The Morgan fingerprint density at radius 3 is 1.83 bits per heavy atom. The van der Waals surface area contributed by atoms with Gasteiger partial charge in [-0.25, -0.2) is 14.4 Å². The number of carbonyl (C=O) groups excluding carboxylic acids is 3. The van der Waals surface area contributed by atoms with E-state index in [9.17, 15) is 27.6 Å². The maximum Gasteiger partial charge on any atom is 0.436 e. The first kappa shape index (κ1) is 31.4. The van der Waals surface area contributed by atoms with Gasteiger partial charge in [0, 0.05) is 0 Å². The largest absolute Gasteiger partial charge is 0.463 e. The molecule has 9 heteroatoms. The van der Waals surface area contributed by atoms with Crippen LogP contribution in [0, 0.1) is 0 Å². The lowest BCUT2D eigenvalue weighted by atomic mass is 10.0. The predicted molar refractivity (Wildman–Crippen MR) is 148 cm³/mol. The van der Waals surface area contributed by atoms with Crippen LogP contribution >= 0.6 is 0 Å². The third kappa shape index (κ3) is 9.48. The molecule has 0 heterocycles. The van der Waals surface area contributed by atoms with Gasteiger partial charge < -0.3 is 14.2 Å². The van der Waals surface area contributed by atoms with Crippen LogP contribution in [0.1, 0.15) is 72.2 Å². The van der Waals surface area contributed by atoms with E-state index in [2.05, 4.69) is 40.7 Å². The van der Waals surface area contributed by atoms with Gasteiger partial charge in [0.2, 0.25) is 0 Å². The molecule has 3 rings (SSSR count). The molecule has 0 radical (unpaired) electrons. The zero-order chi connectivity index (χ0) is 29.8. The summed E-state index contributed by atoms with van der Waals surface area (Å²) in [5.74, 6) is -3.65. The third-order valence-corrected chi connectivity index (χ3v) is 6.21. The summed E-state index contributed by atoms with van der Waals surface area (Å²) in [4.78, 5) is 36.6. The van der Waals surface area contributed by atoms with E-state index >= 15 is 0 Å². The number of unbranched alkanes of at least 4 members (excludes halogenated alkanes) is 3. The Hall–Kier alpha value is -4.14. The maximum absolute atomic E-state index is 13.2. The lowest BCUT2D eigenvalue weighted by molar-refractivity contribution is -0.218. The number of halogens is 3. The first-order chi connectivity index (χ1) is 19.6. The van der Waals surface area contributed by atoms with Gasteiger partial charge in [-0.05, 0) is 72.4 Å². The van der Waals surface area contributed by atoms with Crippen LogP contribution in [0.2, 0.25) is 0 Å². The summed E-state index contributed by atoms with van der Waals surface area (Å²) in [5.41, 5.74) is 3.29. The first-order valence-electron chi connectivity index (χ1n) is 13.6. The third-order valence-electron chi connectivity index (χ3n) is 6.21. The number of hydrogen-bond acceptors (Lipinski definition) is 6. The van der Waals surface area contributed by atoms with E-state index in [0.29, 0.717) is 12.0 Å². The molecule has 0 aliphatic carbocycles. The van der Waals surface area contributed by atoms with Crippen LogP contribution in [0.5, 0.6) is 5.75 Å². The van der Waals surface area contributed by atoms with Gasteiger partial charge >= 0.3 is 24.1 Å². The lowest BCUT2D eigenvalue weighted by Crippen LogP contribution is -2.42. The number of benzene rings is 3. The minimum absolute atomic E-state index is 0.0693. The molecular weight excluding hydrogens is 537 g/mol. The Morgan fingerprint density at radius 2 is 1.27 bits per heavy atom. The number of esters is 3. The van der Waals surface area contributed by atoms with Crippen molar-refractivity contribution in [3.8, 4) is 16.9 Å². The van der Waals surface area contributed by atoms with Crippen LogP contribution < -0.4 is 4.74 Å². The highest BCUT2D eigenvalue weighted by atomic mass is 19.4. The minimum atomic E-state index is -5.14. The molecule has 3 aromatic carbocycles. The van der Waals surface area contributed by atoms with E-state index in [-0.39, 0.29) is 17.9 Å². The zero-order valence-electron chi connectivity index (χ0n) is 23.0. The van der Waals surface area contributed by atoms with Crippen molar-refractivity contribution in [2.24, 2.45) is 0 Å². The van der Waals surface area contributed by atoms with E-state index < -0.39 is 30.2 Å². The van der Waals surface area contributed by atoms with Crippen LogP contribution in [-0.4, -0.2) is 36.8 Å². The van der Waals surface area contributed by atoms with E-state index in [1.807, 2.05) is 12.1 Å². The Balaban J connectivity index is 1.57. The first-order valence-corrected chi connectivity index (χ1v) is 13.6. The van der Waals surface area contributed by atoms with Gasteiger partial charge in [-0.15, -0.1) is 0 Å². The van der Waals surface area contributed by atoms with Crippen molar-refractivity contribution in [3.63, 3.8) is 0 Å². The van der Waals surface area contributed by atoms with Gasteiger partial charge in [-0.1, -0.05) is 69.5 Å². The van der Waals surface area contributed by atoms with Crippen LogP contribution in [0.3, 0.4) is 0 Å². The monoisotopic (exact) mass is 570 g/mol. The molecular formula is C32H33F3O6. The summed E-state index contributed by atoms with van der Waals surface area (Å²) in [6, 6.07) is 20.0. The van der Waals surface area contributed by atoms with E-state index in [0.717, 1.165) is 29.7 Å². The lowest BCUT2D eigenvalue weighted by Gasteiger charge is -2.19. The molecule has 6 nitrogen and oxygen atoms in total. The molecule has 0 amide bonds. The summed E-state index contributed by atoms with van der Waals surface area (Å²) in [6.45, 7) is 3.56. The summed E-state index contributed by atoms with van der Waals surface area (Å²) >= 11 is 0. The molecule has 218 valence electrons. The van der Waals surface area contributed by atoms with Gasteiger partial charge in [-0.3, -0.25) is 0 Å². The Bertz CT molecular complexity index is 1280. The highest BCUT2D eigenvalue weighted by molar-refractivity contribution is 5.93. The number of ether oxygens (including phenoxy) is 3. The average Bonchev–Trinajstić information content (AvgIpc) is 2.97. The molecule has 0 aromatic heterocycles. The summed E-state index contributed by atoms with van der Waals surface area (Å²) in [6.07, 6.45) is -1.97. The number of aryl methyl sites for hydroxylation is 1. The molecule has 0 N–H and O–H groups in total. The molecule has 0 saturated carbocycles. The maximum atomic E-state index is 13.2. The molecule has 1 unspecified atom stereocenters. The topological polar surface area (TPSA) is 78.9 Å². The molecule has 0 bridgehead atoms. The van der Waals surface area contributed by atoms with Crippen molar-refractivity contribution in [1.82, 2.24) is 0 Å². The van der Waals surface area contributed by atoms with Crippen molar-refractivity contribution in [1.29, 1.82) is 0 Å². The van der Waals surface area contributed by atoms with Crippen LogP contribution in [0.15, 0.2) is 72.8 Å². The minimum Gasteiger partial charge on any atom is -0.463 e. The SMILES string of the molecule is CCCCCCc1ccc(-c2ccc(C(=O)Oc3ccc(C(=O)OC(C(=O)OCCC)C(F)(F)F)cc3)cc2)cc1. The molecule has 0 fully saturated rings. The Labute approximate surface area is 237 Å². The number of carbonyl (C=O) groups is 3. The van der Waals surface area contributed by atoms with Gasteiger partial charge in [0.25, 0.3) is 6.10 Å². The zero-order valence-corrected chi connectivity index (χ0v) is 23.0. The fourth-order valence-corrected chi connectivity index (χ4v) is 3.95. The van der Waals surface area contributed by atoms with Crippen LogP contribution in [0.25, 0.3) is 11.1 Å². The van der Waals surface area contributed by atoms with Gasteiger partial charge in [-0.2, -0.15) is 13.2 Å². The second kappa shape index (κ2) is 15.0. The molecule has 0 saturated heterocycles. The van der Waals surface area contributed by atoms with E-state index in [1.165, 1.54) is 43.4 Å². The summed E-state index contributed by atoms with van der Waals surface area (Å²) in [5, 5.41) is 0. The van der Waals surface area contributed by atoms with E-state index in [1.54, 1.807) is 19.1 Å². The van der Waals surface area contributed by atoms with Crippen LogP contribution in [0.4, 0.5) is 13.2 Å². The molecule has 0 aliphatic rings. The van der Waals surface area contributed by atoms with E-state index in [4.69, 9.17) is 4.74 Å². The fourth-order valence-electron chi connectivity index (χ4n) is 3.95. The number of rotatable bonds is 13. The van der Waals surface area contributed by atoms with Crippen molar-refractivity contribution >= 4 is 17.9 Å². The normalized spacial score (nSPS) is 11.9. The fraction of sp³-hybridized carbons (Fsp3) is 0.344. The molecule has 0 aliphatic heterocycles. The molecule has 41 heavy (non-hydrogen) atoms. The number of alkyl halides is 3. The Morgan fingerprint density at radius 1 is 0.707 bits per heavy atom. The second-order valence-electron chi connectivity index (χ2n) is 9.49. The average molecular weight is 571 g/mol. The highest BCUT2D eigenvalue weighted by Gasteiger charge is 2.49. The van der Waals surface area contributed by atoms with Gasteiger partial charge in [0.15, 0.2) is 0 Å². The quantitative estimate of drug-likeness (QED) is 0.119. The molecule has 1 atom stereocenters. The van der Waals surface area contributed by atoms with Crippen molar-refractivity contribution in [2.75, 3.05) is 6.61 Å². The van der Waals surface area contributed by atoms with Crippen molar-refractivity contribution in [2.45, 2.75) is 64.7 Å². The molecule has 0 spiro atoms. The van der Waals surface area contributed by atoms with Gasteiger partial charge in [0.05, 0.1) is 17.7 Å². The second-order valence-corrected chi connectivity index (χ2v) is 9.49. The smallest absolute Gasteiger partial charge is 0.436 e. The van der Waals surface area contributed by atoms with Gasteiger partial charge in [0.1, 0.15) is 5.75 Å².